The Balaban J connectivity index is 2.71. The highest BCUT2D eigenvalue weighted by Gasteiger charge is 2.15. The number of ether oxygens (including phenoxy) is 1. The number of carbonyl (C=O) groups is 2. The minimum Gasteiger partial charge on any atom is -0.461 e. The summed E-state index contributed by atoms with van der Waals surface area (Å²) in [5.41, 5.74) is -0.377. The maximum absolute atomic E-state index is 13.2. The average Bonchev–Trinajstić information content (AvgIpc) is 2.29. The third kappa shape index (κ3) is 3.41. The van der Waals surface area contributed by atoms with Crippen molar-refractivity contribution in [2.75, 3.05) is 6.61 Å². The lowest BCUT2D eigenvalue weighted by Gasteiger charge is -2.07. The lowest BCUT2D eigenvalue weighted by Crippen LogP contribution is -2.28. The van der Waals surface area contributed by atoms with E-state index in [1.807, 2.05) is 0 Å². The lowest BCUT2D eigenvalue weighted by atomic mass is 10.2. The summed E-state index contributed by atoms with van der Waals surface area (Å²) in [6.45, 7) is 5.14. The molecule has 1 N–H and O–H groups in total. The molecular formula is C12H12FNO3. The van der Waals surface area contributed by atoms with E-state index in [1.54, 1.807) is 6.92 Å². The van der Waals surface area contributed by atoms with Gasteiger partial charge in [0.15, 0.2) is 0 Å². The largest absolute Gasteiger partial charge is 0.461 e. The summed E-state index contributed by atoms with van der Waals surface area (Å²) in [6.07, 6.45) is 0. The molecule has 17 heavy (non-hydrogen) atoms. The molecule has 1 rings (SSSR count). The number of nitrogens with one attached hydrogen (secondary N) is 1. The van der Waals surface area contributed by atoms with Crippen molar-refractivity contribution in [2.45, 2.75) is 6.92 Å². The fourth-order valence-electron chi connectivity index (χ4n) is 1.12. The monoisotopic (exact) mass is 237 g/mol. The molecule has 0 aliphatic carbocycles. The van der Waals surface area contributed by atoms with Gasteiger partial charge >= 0.3 is 5.97 Å². The van der Waals surface area contributed by atoms with Gasteiger partial charge in [-0.1, -0.05) is 18.7 Å². The minimum atomic E-state index is -0.739. The second-order valence-corrected chi connectivity index (χ2v) is 3.13. The molecule has 0 bridgehead atoms. The number of rotatable bonds is 4. The van der Waals surface area contributed by atoms with Crippen LogP contribution in [0.5, 0.6) is 0 Å². The van der Waals surface area contributed by atoms with Crippen LogP contribution in [0.2, 0.25) is 0 Å². The summed E-state index contributed by atoms with van der Waals surface area (Å²) >= 11 is 0. The molecule has 4 nitrogen and oxygen atoms in total. The van der Waals surface area contributed by atoms with Crippen molar-refractivity contribution in [2.24, 2.45) is 0 Å². The van der Waals surface area contributed by atoms with Gasteiger partial charge in [-0.3, -0.25) is 4.79 Å². The highest BCUT2D eigenvalue weighted by atomic mass is 19.1. The van der Waals surface area contributed by atoms with Crippen LogP contribution in [-0.4, -0.2) is 18.5 Å². The first kappa shape index (κ1) is 12.9. The molecule has 0 heterocycles. The number of hydrogen-bond donors (Lipinski definition) is 1. The van der Waals surface area contributed by atoms with E-state index in [2.05, 4.69) is 16.6 Å². The third-order valence-electron chi connectivity index (χ3n) is 1.90. The van der Waals surface area contributed by atoms with Gasteiger partial charge in [-0.2, -0.15) is 0 Å². The van der Waals surface area contributed by atoms with Gasteiger partial charge < -0.3 is 10.1 Å². The molecule has 0 radical (unpaired) electrons. The Bertz CT molecular complexity index is 457. The van der Waals surface area contributed by atoms with Crippen LogP contribution in [0.4, 0.5) is 4.39 Å². The predicted molar refractivity (Wildman–Crippen MR) is 59.6 cm³/mol. The van der Waals surface area contributed by atoms with Crippen LogP contribution in [0.25, 0.3) is 0 Å². The Morgan fingerprint density at radius 2 is 2.06 bits per heavy atom. The lowest BCUT2D eigenvalue weighted by molar-refractivity contribution is -0.138. The van der Waals surface area contributed by atoms with Gasteiger partial charge in [0.05, 0.1) is 12.2 Å². The van der Waals surface area contributed by atoms with E-state index in [-0.39, 0.29) is 17.9 Å². The molecule has 1 aromatic rings. The molecule has 0 saturated heterocycles. The second-order valence-electron chi connectivity index (χ2n) is 3.13. The van der Waals surface area contributed by atoms with Crippen molar-refractivity contribution in [1.29, 1.82) is 0 Å². The normalized spacial score (nSPS) is 9.53. The van der Waals surface area contributed by atoms with Gasteiger partial charge in [-0.15, -0.1) is 0 Å². The summed E-state index contributed by atoms with van der Waals surface area (Å²) in [6, 6.07) is 5.45. The Labute approximate surface area is 98.1 Å². The van der Waals surface area contributed by atoms with E-state index in [4.69, 9.17) is 0 Å². The smallest absolute Gasteiger partial charge is 0.354 e. The van der Waals surface area contributed by atoms with Crippen LogP contribution in [0.15, 0.2) is 36.5 Å². The fraction of sp³-hybridized carbons (Fsp3) is 0.167. The van der Waals surface area contributed by atoms with Crippen LogP contribution < -0.4 is 5.32 Å². The summed E-state index contributed by atoms with van der Waals surface area (Å²) in [5.74, 6) is -2.14. The molecule has 0 saturated carbocycles. The van der Waals surface area contributed by atoms with Gasteiger partial charge in [0.25, 0.3) is 5.91 Å². The van der Waals surface area contributed by atoms with Crippen LogP contribution in [0.3, 0.4) is 0 Å². The highest BCUT2D eigenvalue weighted by Crippen LogP contribution is 2.06. The minimum absolute atomic E-state index is 0.155. The zero-order valence-corrected chi connectivity index (χ0v) is 9.33. The Morgan fingerprint density at radius 1 is 1.41 bits per heavy atom. The van der Waals surface area contributed by atoms with E-state index < -0.39 is 17.7 Å². The van der Waals surface area contributed by atoms with Crippen molar-refractivity contribution in [3.8, 4) is 0 Å². The van der Waals surface area contributed by atoms with Crippen molar-refractivity contribution < 1.29 is 18.7 Å². The zero-order valence-electron chi connectivity index (χ0n) is 9.33. The average molecular weight is 237 g/mol. The van der Waals surface area contributed by atoms with E-state index in [0.29, 0.717) is 0 Å². The fourth-order valence-corrected chi connectivity index (χ4v) is 1.12. The maximum atomic E-state index is 13.2. The molecule has 0 aliphatic heterocycles. The Hall–Kier alpha value is -2.17. The molecular weight excluding hydrogens is 225 g/mol. The van der Waals surface area contributed by atoms with Gasteiger partial charge in [0, 0.05) is 0 Å². The molecule has 0 unspecified atom stereocenters. The molecule has 0 atom stereocenters. The summed E-state index contributed by atoms with van der Waals surface area (Å²) in [7, 11) is 0. The van der Waals surface area contributed by atoms with E-state index in [9.17, 15) is 14.0 Å². The SMILES string of the molecule is C=C(NC(=O)c1ccccc1F)C(=O)OCC. The van der Waals surface area contributed by atoms with Gasteiger partial charge in [-0.05, 0) is 19.1 Å². The molecule has 0 fully saturated rings. The summed E-state index contributed by atoms with van der Waals surface area (Å²) < 4.78 is 17.9. The Kier molecular flexibility index (Phi) is 4.39. The first-order valence-corrected chi connectivity index (χ1v) is 4.98. The van der Waals surface area contributed by atoms with Gasteiger partial charge in [-0.25, -0.2) is 9.18 Å². The molecule has 90 valence electrons. The molecule has 1 aromatic carbocycles. The van der Waals surface area contributed by atoms with Crippen molar-refractivity contribution in [1.82, 2.24) is 5.32 Å². The number of hydrogen-bond acceptors (Lipinski definition) is 3. The van der Waals surface area contributed by atoms with Crippen LogP contribution in [-0.2, 0) is 9.53 Å². The summed E-state index contributed by atoms with van der Waals surface area (Å²) in [5, 5.41) is 2.17. The van der Waals surface area contributed by atoms with Crippen molar-refractivity contribution in [3.05, 3.63) is 47.9 Å². The molecule has 5 heteroatoms. The standard InChI is InChI=1S/C12H12FNO3/c1-3-17-12(16)8(2)14-11(15)9-6-4-5-7-10(9)13/h4-7H,2-3H2,1H3,(H,14,15). The number of carbonyl (C=O) groups excluding carboxylic acids is 2. The van der Waals surface area contributed by atoms with Crippen molar-refractivity contribution in [3.63, 3.8) is 0 Å². The number of halogens is 1. The van der Waals surface area contributed by atoms with Crippen molar-refractivity contribution >= 4 is 11.9 Å². The molecule has 0 aliphatic rings. The number of benzene rings is 1. The van der Waals surface area contributed by atoms with Crippen LogP contribution >= 0.6 is 0 Å². The van der Waals surface area contributed by atoms with Gasteiger partial charge in [0.1, 0.15) is 11.5 Å². The van der Waals surface area contributed by atoms with Gasteiger partial charge in [0.2, 0.25) is 0 Å². The van der Waals surface area contributed by atoms with E-state index >= 15 is 0 Å². The topological polar surface area (TPSA) is 55.4 Å². The van der Waals surface area contributed by atoms with Crippen LogP contribution in [0.1, 0.15) is 17.3 Å². The molecule has 0 spiro atoms. The van der Waals surface area contributed by atoms with Crippen LogP contribution in [0, 0.1) is 5.82 Å². The molecule has 0 aromatic heterocycles. The number of amides is 1. The summed E-state index contributed by atoms with van der Waals surface area (Å²) in [4.78, 5) is 22.7. The second kappa shape index (κ2) is 5.79. The maximum Gasteiger partial charge on any atom is 0.354 e. The van der Waals surface area contributed by atoms with E-state index in [0.717, 1.165) is 6.07 Å². The number of esters is 1. The van der Waals surface area contributed by atoms with E-state index in [1.165, 1.54) is 18.2 Å². The highest BCUT2D eigenvalue weighted by molar-refractivity contribution is 6.00. The zero-order chi connectivity index (χ0) is 12.8. The Morgan fingerprint density at radius 3 is 2.65 bits per heavy atom. The third-order valence-corrected chi connectivity index (χ3v) is 1.90. The predicted octanol–water partition coefficient (Wildman–Crippen LogP) is 1.63. The quantitative estimate of drug-likeness (QED) is 0.639. The first-order chi connectivity index (χ1) is 8.06. The molecule has 1 amide bonds. The first-order valence-electron chi connectivity index (χ1n) is 4.98.